The Morgan fingerprint density at radius 2 is 1.73 bits per heavy atom. The summed E-state index contributed by atoms with van der Waals surface area (Å²) >= 11 is 0. The van der Waals surface area contributed by atoms with E-state index in [1.54, 1.807) is 11.5 Å². The molecule has 26 heavy (non-hydrogen) atoms. The van der Waals surface area contributed by atoms with E-state index in [9.17, 15) is 10.1 Å². The van der Waals surface area contributed by atoms with E-state index in [-0.39, 0.29) is 18.0 Å². The summed E-state index contributed by atoms with van der Waals surface area (Å²) in [7, 11) is 0. The highest BCUT2D eigenvalue weighted by molar-refractivity contribution is 5.25. The van der Waals surface area contributed by atoms with Gasteiger partial charge in [-0.25, -0.2) is 0 Å². The first-order valence-corrected chi connectivity index (χ1v) is 8.59. The Hall–Kier alpha value is -1.59. The minimum Gasteiger partial charge on any atom is -0.358 e. The van der Waals surface area contributed by atoms with Gasteiger partial charge in [0.2, 0.25) is 6.33 Å². The highest BCUT2D eigenvalue weighted by Crippen LogP contribution is 2.44. The first-order chi connectivity index (χ1) is 12.1. The minimum absolute atomic E-state index is 0.166. The van der Waals surface area contributed by atoms with Gasteiger partial charge in [0.15, 0.2) is 17.9 Å². The molecule has 0 bridgehead atoms. The van der Waals surface area contributed by atoms with Crippen molar-refractivity contribution in [3.05, 3.63) is 22.1 Å². The van der Waals surface area contributed by atoms with Crippen LogP contribution in [0.5, 0.6) is 0 Å². The van der Waals surface area contributed by atoms with Crippen molar-refractivity contribution < 1.29 is 28.6 Å². The van der Waals surface area contributed by atoms with Crippen molar-refractivity contribution in [1.29, 1.82) is 0 Å². The predicted octanol–water partition coefficient (Wildman–Crippen LogP) is 1.50. The van der Waals surface area contributed by atoms with Gasteiger partial charge in [0.1, 0.15) is 30.1 Å². The Morgan fingerprint density at radius 3 is 2.38 bits per heavy atom. The number of hydrogen-bond donors (Lipinski definition) is 0. The molecule has 0 saturated carbocycles. The van der Waals surface area contributed by atoms with Crippen LogP contribution in [0.2, 0.25) is 0 Å². The summed E-state index contributed by atoms with van der Waals surface area (Å²) in [6, 6.07) is 0. The van der Waals surface area contributed by atoms with Crippen LogP contribution in [0.3, 0.4) is 0 Å². The molecule has 0 spiro atoms. The van der Waals surface area contributed by atoms with Crippen molar-refractivity contribution in [1.82, 2.24) is 9.55 Å². The molecule has 10 heteroatoms. The zero-order chi connectivity index (χ0) is 18.9. The number of aromatic nitrogens is 2. The highest BCUT2D eigenvalue weighted by Gasteiger charge is 2.60. The van der Waals surface area contributed by atoms with Crippen LogP contribution in [0.15, 0.2) is 6.33 Å². The standard InChI is InChI=1S/C16H23N3O7/c1-8-13(19(20)21)17-7-18(8)6-9-10-11(24-15(2,3)23-10)12-14(22-9)26-16(4,5)25-12/h7,9-12,14H,6H2,1-5H3/t9-,10+,11+,12-,14-/m1/s1. The van der Waals surface area contributed by atoms with Crippen LogP contribution in [0, 0.1) is 17.0 Å². The number of hydrogen-bond acceptors (Lipinski definition) is 8. The number of imidazole rings is 1. The summed E-state index contributed by atoms with van der Waals surface area (Å²) in [4.78, 5) is 14.4. The Balaban J connectivity index is 1.61. The molecule has 3 aliphatic rings. The fourth-order valence-corrected chi connectivity index (χ4v) is 3.83. The molecule has 1 aromatic rings. The van der Waals surface area contributed by atoms with Gasteiger partial charge < -0.3 is 38.4 Å². The third-order valence-electron chi connectivity index (χ3n) is 4.87. The van der Waals surface area contributed by atoms with Crippen molar-refractivity contribution in [3.8, 4) is 0 Å². The van der Waals surface area contributed by atoms with Gasteiger partial charge in [-0.05, 0) is 44.5 Å². The van der Waals surface area contributed by atoms with Gasteiger partial charge in [-0.1, -0.05) is 0 Å². The summed E-state index contributed by atoms with van der Waals surface area (Å²) < 4.78 is 31.7. The van der Waals surface area contributed by atoms with E-state index in [0.717, 1.165) is 0 Å². The monoisotopic (exact) mass is 369 g/mol. The number of nitrogens with zero attached hydrogens (tertiary/aromatic N) is 3. The van der Waals surface area contributed by atoms with E-state index in [4.69, 9.17) is 23.7 Å². The quantitative estimate of drug-likeness (QED) is 0.583. The van der Waals surface area contributed by atoms with Gasteiger partial charge in [0.25, 0.3) is 0 Å². The molecule has 144 valence electrons. The maximum atomic E-state index is 11.0. The number of fused-ring (bicyclic) bond motifs is 3. The molecule has 0 amide bonds. The lowest BCUT2D eigenvalue weighted by molar-refractivity contribution is -0.390. The van der Waals surface area contributed by atoms with E-state index in [2.05, 4.69) is 4.98 Å². The molecule has 0 aromatic carbocycles. The van der Waals surface area contributed by atoms with Crippen LogP contribution in [-0.2, 0) is 30.2 Å². The van der Waals surface area contributed by atoms with Crippen molar-refractivity contribution in [3.63, 3.8) is 0 Å². The molecule has 4 rings (SSSR count). The summed E-state index contributed by atoms with van der Waals surface area (Å²) in [5.74, 6) is -1.73. The zero-order valence-corrected chi connectivity index (χ0v) is 15.4. The van der Waals surface area contributed by atoms with Crippen LogP contribution < -0.4 is 0 Å². The Morgan fingerprint density at radius 1 is 1.12 bits per heavy atom. The number of nitro groups is 1. The second-order valence-electron chi connectivity index (χ2n) is 7.77. The van der Waals surface area contributed by atoms with Gasteiger partial charge in [-0.3, -0.25) is 0 Å². The number of rotatable bonds is 3. The lowest BCUT2D eigenvalue weighted by atomic mass is 9.99. The second-order valence-corrected chi connectivity index (χ2v) is 7.77. The smallest absolute Gasteiger partial charge is 0.358 e. The Bertz CT molecular complexity index is 731. The lowest BCUT2D eigenvalue weighted by Gasteiger charge is -2.37. The Kier molecular flexibility index (Phi) is 3.90. The topological polar surface area (TPSA) is 107 Å². The molecule has 3 saturated heterocycles. The molecule has 0 radical (unpaired) electrons. The van der Waals surface area contributed by atoms with Crippen molar-refractivity contribution in [2.24, 2.45) is 0 Å². The second kappa shape index (κ2) is 5.70. The lowest BCUT2D eigenvalue weighted by Crippen LogP contribution is -2.56. The molecular weight excluding hydrogens is 346 g/mol. The van der Waals surface area contributed by atoms with E-state index in [1.165, 1.54) is 6.33 Å². The van der Waals surface area contributed by atoms with E-state index < -0.39 is 35.0 Å². The van der Waals surface area contributed by atoms with Crippen LogP contribution in [0.4, 0.5) is 5.82 Å². The van der Waals surface area contributed by atoms with Gasteiger partial charge >= 0.3 is 5.82 Å². The third kappa shape index (κ3) is 2.91. The van der Waals surface area contributed by atoms with E-state index in [1.807, 2.05) is 27.7 Å². The van der Waals surface area contributed by atoms with E-state index in [0.29, 0.717) is 12.2 Å². The van der Waals surface area contributed by atoms with Crippen LogP contribution in [0.1, 0.15) is 33.4 Å². The van der Waals surface area contributed by atoms with Crippen molar-refractivity contribution in [2.75, 3.05) is 0 Å². The van der Waals surface area contributed by atoms with Crippen LogP contribution >= 0.6 is 0 Å². The summed E-state index contributed by atoms with van der Waals surface area (Å²) in [5, 5.41) is 11.0. The molecule has 1 aromatic heterocycles. The Labute approximate surface area is 150 Å². The van der Waals surface area contributed by atoms with Gasteiger partial charge in [-0.15, -0.1) is 0 Å². The van der Waals surface area contributed by atoms with Crippen molar-refractivity contribution in [2.45, 2.75) is 83.4 Å². The van der Waals surface area contributed by atoms with Gasteiger partial charge in [0.05, 0.1) is 6.54 Å². The molecule has 0 N–H and O–H groups in total. The predicted molar refractivity (Wildman–Crippen MR) is 86.1 cm³/mol. The molecule has 3 aliphatic heterocycles. The van der Waals surface area contributed by atoms with Gasteiger partial charge in [0, 0.05) is 0 Å². The van der Waals surface area contributed by atoms with Crippen LogP contribution in [-0.4, -0.2) is 56.8 Å². The summed E-state index contributed by atoms with van der Waals surface area (Å²) in [5.41, 5.74) is 0.458. The molecule has 0 unspecified atom stereocenters. The van der Waals surface area contributed by atoms with Crippen molar-refractivity contribution >= 4 is 5.82 Å². The van der Waals surface area contributed by atoms with E-state index >= 15 is 0 Å². The van der Waals surface area contributed by atoms with Gasteiger partial charge in [-0.2, -0.15) is 0 Å². The maximum Gasteiger partial charge on any atom is 0.384 e. The number of ether oxygens (including phenoxy) is 5. The molecular formula is C16H23N3O7. The molecule has 0 aliphatic carbocycles. The normalized spacial score (nSPS) is 37.3. The first kappa shape index (κ1) is 17.8. The summed E-state index contributed by atoms with van der Waals surface area (Å²) in [6.07, 6.45) is -0.708. The zero-order valence-electron chi connectivity index (χ0n) is 15.4. The maximum absolute atomic E-state index is 11.0. The third-order valence-corrected chi connectivity index (χ3v) is 4.87. The SMILES string of the molecule is Cc1c([N+](=O)[O-])ncn1C[C@H]1O[C@@H]2OC(C)(C)O[C@@H]2[C@H]2OC(C)(C)O[C@H]21. The fraction of sp³-hybridized carbons (Fsp3) is 0.812. The molecule has 4 heterocycles. The largest absolute Gasteiger partial charge is 0.384 e. The minimum atomic E-state index is -0.783. The first-order valence-electron chi connectivity index (χ1n) is 8.59. The fourth-order valence-electron chi connectivity index (χ4n) is 3.83. The average Bonchev–Trinajstić information content (AvgIpc) is 3.12. The highest BCUT2D eigenvalue weighted by atomic mass is 16.9. The molecule has 3 fully saturated rings. The average molecular weight is 369 g/mol. The summed E-state index contributed by atoms with van der Waals surface area (Å²) in [6.45, 7) is 9.31. The van der Waals surface area contributed by atoms with Crippen LogP contribution in [0.25, 0.3) is 0 Å². The molecule has 5 atom stereocenters. The molecule has 10 nitrogen and oxygen atoms in total.